The Labute approximate surface area is 82.6 Å². The summed E-state index contributed by atoms with van der Waals surface area (Å²) in [6.07, 6.45) is 1.49. The molecular formula is C11H12O3. The Kier molecular flexibility index (Phi) is 3.29. The summed E-state index contributed by atoms with van der Waals surface area (Å²) >= 11 is 0. The molecule has 0 aliphatic heterocycles. The van der Waals surface area contributed by atoms with Crippen LogP contribution in [-0.2, 0) is 9.53 Å². The second kappa shape index (κ2) is 4.46. The van der Waals surface area contributed by atoms with Crippen LogP contribution in [0.4, 0.5) is 0 Å². The average Bonchev–Trinajstić information content (AvgIpc) is 2.16. The molecule has 1 aromatic carbocycles. The van der Waals surface area contributed by atoms with E-state index in [1.807, 2.05) is 31.2 Å². The molecule has 0 radical (unpaired) electrons. The van der Waals surface area contributed by atoms with Crippen molar-refractivity contribution in [3.63, 3.8) is 0 Å². The Morgan fingerprint density at radius 3 is 2.36 bits per heavy atom. The Hall–Kier alpha value is -1.77. The van der Waals surface area contributed by atoms with Crippen molar-refractivity contribution in [1.29, 1.82) is 0 Å². The van der Waals surface area contributed by atoms with E-state index in [-0.39, 0.29) is 5.76 Å². The normalized spacial score (nSPS) is 11.1. The van der Waals surface area contributed by atoms with Crippen LogP contribution in [-0.4, -0.2) is 18.2 Å². The quantitative estimate of drug-likeness (QED) is 0.589. The third kappa shape index (κ3) is 2.62. The van der Waals surface area contributed by atoms with Crippen LogP contribution < -0.4 is 0 Å². The lowest BCUT2D eigenvalue weighted by Gasteiger charge is -2.00. The van der Waals surface area contributed by atoms with Crippen molar-refractivity contribution >= 4 is 12.0 Å². The number of carbonyl (C=O) groups is 1. The van der Waals surface area contributed by atoms with Gasteiger partial charge in [0, 0.05) is 0 Å². The molecule has 0 aliphatic carbocycles. The van der Waals surface area contributed by atoms with Crippen molar-refractivity contribution in [3.05, 3.63) is 41.2 Å². The van der Waals surface area contributed by atoms with Crippen molar-refractivity contribution in [2.75, 3.05) is 7.11 Å². The van der Waals surface area contributed by atoms with E-state index < -0.39 is 5.97 Å². The Morgan fingerprint density at radius 1 is 1.36 bits per heavy atom. The molecule has 0 unspecified atom stereocenters. The molecule has 3 heteroatoms. The number of carboxylic acid groups (broad SMARTS) is 1. The van der Waals surface area contributed by atoms with Gasteiger partial charge in [-0.05, 0) is 18.6 Å². The summed E-state index contributed by atoms with van der Waals surface area (Å²) < 4.78 is 4.71. The van der Waals surface area contributed by atoms with Crippen LogP contribution in [0.3, 0.4) is 0 Å². The molecule has 0 spiro atoms. The standard InChI is InChI=1S/C11H12O3/c1-8-3-5-9(6-4-8)7-10(14-2)11(12)13/h3-7H,1-2H3,(H,12,13). The first-order valence-corrected chi connectivity index (χ1v) is 4.19. The number of ether oxygens (including phenoxy) is 1. The maximum Gasteiger partial charge on any atom is 0.371 e. The van der Waals surface area contributed by atoms with Gasteiger partial charge >= 0.3 is 5.97 Å². The fourth-order valence-electron chi connectivity index (χ4n) is 1.02. The van der Waals surface area contributed by atoms with Crippen LogP contribution in [0.5, 0.6) is 0 Å². The molecule has 0 amide bonds. The highest BCUT2D eigenvalue weighted by Crippen LogP contribution is 2.09. The molecule has 14 heavy (non-hydrogen) atoms. The van der Waals surface area contributed by atoms with E-state index in [9.17, 15) is 4.79 Å². The fourth-order valence-corrected chi connectivity index (χ4v) is 1.02. The predicted molar refractivity (Wildman–Crippen MR) is 53.8 cm³/mol. The summed E-state index contributed by atoms with van der Waals surface area (Å²) in [6.45, 7) is 1.97. The maximum atomic E-state index is 10.6. The lowest BCUT2D eigenvalue weighted by Crippen LogP contribution is -2.01. The summed E-state index contributed by atoms with van der Waals surface area (Å²) in [5.74, 6) is -1.12. The number of rotatable bonds is 3. The highest BCUT2D eigenvalue weighted by Gasteiger charge is 2.05. The summed E-state index contributed by atoms with van der Waals surface area (Å²) in [5, 5.41) is 8.70. The second-order valence-corrected chi connectivity index (χ2v) is 2.93. The van der Waals surface area contributed by atoms with Crippen LogP contribution in [0.2, 0.25) is 0 Å². The summed E-state index contributed by atoms with van der Waals surface area (Å²) in [4.78, 5) is 10.6. The van der Waals surface area contributed by atoms with Gasteiger partial charge in [-0.15, -0.1) is 0 Å². The molecule has 1 N–H and O–H groups in total. The number of hydrogen-bond donors (Lipinski definition) is 1. The molecule has 0 saturated heterocycles. The summed E-state index contributed by atoms with van der Waals surface area (Å²) in [6, 6.07) is 7.52. The second-order valence-electron chi connectivity index (χ2n) is 2.93. The lowest BCUT2D eigenvalue weighted by atomic mass is 10.1. The largest absolute Gasteiger partial charge is 0.490 e. The van der Waals surface area contributed by atoms with Crippen LogP contribution >= 0.6 is 0 Å². The van der Waals surface area contributed by atoms with Crippen LogP contribution in [0.15, 0.2) is 30.0 Å². The number of aliphatic carboxylic acids is 1. The minimum Gasteiger partial charge on any atom is -0.490 e. The number of methoxy groups -OCH3 is 1. The van der Waals surface area contributed by atoms with E-state index in [0.29, 0.717) is 0 Å². The number of hydrogen-bond acceptors (Lipinski definition) is 2. The van der Waals surface area contributed by atoms with Gasteiger partial charge in [0.2, 0.25) is 5.76 Å². The smallest absolute Gasteiger partial charge is 0.371 e. The summed E-state index contributed by atoms with van der Waals surface area (Å²) in [7, 11) is 1.34. The van der Waals surface area contributed by atoms with Crippen molar-refractivity contribution in [3.8, 4) is 0 Å². The maximum absolute atomic E-state index is 10.6. The zero-order chi connectivity index (χ0) is 10.6. The molecule has 0 saturated carbocycles. The van der Waals surface area contributed by atoms with Gasteiger partial charge in [-0.3, -0.25) is 0 Å². The SMILES string of the molecule is COC(=Cc1ccc(C)cc1)C(=O)O. The van der Waals surface area contributed by atoms with Gasteiger partial charge in [0.25, 0.3) is 0 Å². The first kappa shape index (κ1) is 10.3. The molecule has 0 bridgehead atoms. The van der Waals surface area contributed by atoms with Gasteiger partial charge < -0.3 is 9.84 Å². The van der Waals surface area contributed by atoms with E-state index in [1.54, 1.807) is 0 Å². The Bertz CT molecular complexity index is 349. The molecule has 1 rings (SSSR count). The van der Waals surface area contributed by atoms with Crippen molar-refractivity contribution in [2.24, 2.45) is 0 Å². The van der Waals surface area contributed by atoms with Gasteiger partial charge in [0.1, 0.15) is 0 Å². The van der Waals surface area contributed by atoms with Crippen LogP contribution in [0.1, 0.15) is 11.1 Å². The topological polar surface area (TPSA) is 46.5 Å². The number of aryl methyl sites for hydroxylation is 1. The zero-order valence-electron chi connectivity index (χ0n) is 8.15. The van der Waals surface area contributed by atoms with Gasteiger partial charge in [-0.25, -0.2) is 4.79 Å². The monoisotopic (exact) mass is 192 g/mol. The zero-order valence-corrected chi connectivity index (χ0v) is 8.15. The Balaban J connectivity index is 2.95. The van der Waals surface area contributed by atoms with Crippen LogP contribution in [0.25, 0.3) is 6.08 Å². The van der Waals surface area contributed by atoms with Gasteiger partial charge in [0.05, 0.1) is 7.11 Å². The molecule has 0 aromatic heterocycles. The molecule has 3 nitrogen and oxygen atoms in total. The minimum atomic E-state index is -1.06. The van der Waals surface area contributed by atoms with Gasteiger partial charge in [-0.2, -0.15) is 0 Å². The van der Waals surface area contributed by atoms with Crippen LogP contribution in [0, 0.1) is 6.92 Å². The third-order valence-electron chi connectivity index (χ3n) is 1.81. The predicted octanol–water partition coefficient (Wildman–Crippen LogP) is 2.07. The molecule has 0 fully saturated rings. The molecule has 1 aromatic rings. The average molecular weight is 192 g/mol. The molecule has 74 valence electrons. The van der Waals surface area contributed by atoms with E-state index in [4.69, 9.17) is 9.84 Å². The highest BCUT2D eigenvalue weighted by molar-refractivity contribution is 5.89. The molecule has 0 heterocycles. The van der Waals surface area contributed by atoms with E-state index in [1.165, 1.54) is 13.2 Å². The molecular weight excluding hydrogens is 180 g/mol. The number of benzene rings is 1. The first-order valence-electron chi connectivity index (χ1n) is 4.19. The molecule has 0 aliphatic rings. The lowest BCUT2D eigenvalue weighted by molar-refractivity contribution is -0.135. The molecule has 0 atom stereocenters. The van der Waals surface area contributed by atoms with Gasteiger partial charge in [-0.1, -0.05) is 29.8 Å². The first-order chi connectivity index (χ1) is 6.63. The van der Waals surface area contributed by atoms with E-state index in [0.717, 1.165) is 11.1 Å². The van der Waals surface area contributed by atoms with Crippen molar-refractivity contribution in [1.82, 2.24) is 0 Å². The van der Waals surface area contributed by atoms with Crippen molar-refractivity contribution in [2.45, 2.75) is 6.92 Å². The number of carboxylic acids is 1. The van der Waals surface area contributed by atoms with Gasteiger partial charge in [0.15, 0.2) is 0 Å². The van der Waals surface area contributed by atoms with E-state index in [2.05, 4.69) is 0 Å². The van der Waals surface area contributed by atoms with E-state index >= 15 is 0 Å². The highest BCUT2D eigenvalue weighted by atomic mass is 16.5. The minimum absolute atomic E-state index is 0.0612. The Morgan fingerprint density at radius 2 is 1.93 bits per heavy atom. The fraction of sp³-hybridized carbons (Fsp3) is 0.182. The van der Waals surface area contributed by atoms with Crippen molar-refractivity contribution < 1.29 is 14.6 Å². The summed E-state index contributed by atoms with van der Waals surface area (Å²) in [5.41, 5.74) is 1.95. The third-order valence-corrected chi connectivity index (χ3v) is 1.81.